The lowest BCUT2D eigenvalue weighted by Gasteiger charge is -2.36. The van der Waals surface area contributed by atoms with E-state index < -0.39 is 0 Å². The lowest BCUT2D eigenvalue weighted by Crippen LogP contribution is -2.49. The molecule has 8 heteroatoms. The van der Waals surface area contributed by atoms with Crippen molar-refractivity contribution in [1.29, 1.82) is 0 Å². The highest BCUT2D eigenvalue weighted by Gasteiger charge is 2.20. The summed E-state index contributed by atoms with van der Waals surface area (Å²) in [6, 6.07) is 16.5. The van der Waals surface area contributed by atoms with Gasteiger partial charge in [-0.3, -0.25) is 9.58 Å². The van der Waals surface area contributed by atoms with Gasteiger partial charge in [-0.15, -0.1) is 0 Å². The third-order valence-electron chi connectivity index (χ3n) is 5.18. The summed E-state index contributed by atoms with van der Waals surface area (Å²) in [6.07, 6.45) is 1.82. The zero-order valence-electron chi connectivity index (χ0n) is 16.5. The average Bonchev–Trinajstić information content (AvgIpc) is 3.19. The van der Waals surface area contributed by atoms with E-state index in [0.717, 1.165) is 43.3 Å². The Kier molecular flexibility index (Phi) is 6.62. The maximum Gasteiger partial charge on any atom is 0.174 e. The van der Waals surface area contributed by atoms with Crippen LogP contribution in [0.1, 0.15) is 11.1 Å². The molecule has 3 aromatic rings. The van der Waals surface area contributed by atoms with E-state index in [4.69, 9.17) is 23.8 Å². The number of anilines is 1. The zero-order chi connectivity index (χ0) is 20.9. The van der Waals surface area contributed by atoms with Crippen molar-refractivity contribution in [2.45, 2.75) is 13.1 Å². The second-order valence-electron chi connectivity index (χ2n) is 7.27. The van der Waals surface area contributed by atoms with Crippen molar-refractivity contribution in [3.63, 3.8) is 0 Å². The summed E-state index contributed by atoms with van der Waals surface area (Å²) < 4.78 is 15.5. The Bertz CT molecular complexity index is 1020. The molecular formula is C22H23ClFN5S. The van der Waals surface area contributed by atoms with E-state index in [2.05, 4.69) is 26.3 Å². The first kappa shape index (κ1) is 20.8. The fourth-order valence-electron chi connectivity index (χ4n) is 3.48. The van der Waals surface area contributed by atoms with Crippen molar-refractivity contribution in [2.24, 2.45) is 0 Å². The Morgan fingerprint density at radius 1 is 0.967 bits per heavy atom. The normalized spacial score (nSPS) is 14.7. The van der Waals surface area contributed by atoms with Crippen molar-refractivity contribution in [3.8, 4) is 0 Å². The van der Waals surface area contributed by atoms with Crippen LogP contribution < -0.4 is 5.32 Å². The van der Waals surface area contributed by atoms with E-state index in [-0.39, 0.29) is 5.82 Å². The van der Waals surface area contributed by atoms with Crippen LogP contribution in [0.4, 0.5) is 10.2 Å². The average molecular weight is 444 g/mol. The van der Waals surface area contributed by atoms with Gasteiger partial charge < -0.3 is 10.2 Å². The van der Waals surface area contributed by atoms with Crippen LogP contribution in [-0.2, 0) is 13.1 Å². The summed E-state index contributed by atoms with van der Waals surface area (Å²) in [4.78, 5) is 4.53. The van der Waals surface area contributed by atoms with Gasteiger partial charge in [-0.1, -0.05) is 48.0 Å². The van der Waals surface area contributed by atoms with Crippen LogP contribution in [0.15, 0.2) is 60.8 Å². The molecule has 0 aliphatic carbocycles. The third kappa shape index (κ3) is 5.16. The fourth-order valence-corrected chi connectivity index (χ4v) is 3.97. The predicted molar refractivity (Wildman–Crippen MR) is 122 cm³/mol. The van der Waals surface area contributed by atoms with Gasteiger partial charge in [0.2, 0.25) is 0 Å². The van der Waals surface area contributed by atoms with Gasteiger partial charge in [0.1, 0.15) is 5.82 Å². The summed E-state index contributed by atoms with van der Waals surface area (Å²) >= 11 is 11.8. The number of piperazine rings is 1. The summed E-state index contributed by atoms with van der Waals surface area (Å²) in [5.74, 6) is 0.433. The van der Waals surface area contributed by atoms with Crippen LogP contribution in [0, 0.1) is 5.82 Å². The van der Waals surface area contributed by atoms with Gasteiger partial charge in [0.25, 0.3) is 0 Å². The SMILES string of the molecule is Fc1ccccc1Cn1ccc(NC(=S)N2CCN(Cc3ccccc3Cl)CC2)n1. The number of halogens is 2. The molecule has 30 heavy (non-hydrogen) atoms. The molecule has 0 radical (unpaired) electrons. The number of hydrogen-bond acceptors (Lipinski definition) is 3. The van der Waals surface area contributed by atoms with E-state index in [1.54, 1.807) is 16.8 Å². The van der Waals surface area contributed by atoms with Gasteiger partial charge in [-0.2, -0.15) is 5.10 Å². The first-order valence-electron chi connectivity index (χ1n) is 9.87. The summed E-state index contributed by atoms with van der Waals surface area (Å²) in [5.41, 5.74) is 1.75. The summed E-state index contributed by atoms with van der Waals surface area (Å²) in [6.45, 7) is 4.72. The van der Waals surface area contributed by atoms with Gasteiger partial charge >= 0.3 is 0 Å². The van der Waals surface area contributed by atoms with Crippen molar-refractivity contribution in [2.75, 3.05) is 31.5 Å². The second-order valence-corrected chi connectivity index (χ2v) is 8.07. The van der Waals surface area contributed by atoms with Gasteiger partial charge in [0, 0.05) is 55.6 Å². The van der Waals surface area contributed by atoms with Crippen molar-refractivity contribution >= 4 is 34.7 Å². The summed E-state index contributed by atoms with van der Waals surface area (Å²) in [7, 11) is 0. The van der Waals surface area contributed by atoms with E-state index >= 15 is 0 Å². The molecule has 2 heterocycles. The highest BCUT2D eigenvalue weighted by Crippen LogP contribution is 2.18. The van der Waals surface area contributed by atoms with Crippen molar-refractivity contribution < 1.29 is 4.39 Å². The molecule has 0 atom stereocenters. The molecule has 0 unspecified atom stereocenters. The maximum atomic E-state index is 13.8. The van der Waals surface area contributed by atoms with Gasteiger partial charge in [0.15, 0.2) is 10.9 Å². The van der Waals surface area contributed by atoms with E-state index in [1.165, 1.54) is 6.07 Å². The van der Waals surface area contributed by atoms with Crippen LogP contribution >= 0.6 is 23.8 Å². The fraction of sp³-hybridized carbons (Fsp3) is 0.273. The Labute approximate surface area is 186 Å². The maximum absolute atomic E-state index is 13.8. The van der Waals surface area contributed by atoms with Gasteiger partial charge in [-0.25, -0.2) is 4.39 Å². The lowest BCUT2D eigenvalue weighted by molar-refractivity contribution is 0.177. The molecule has 5 nitrogen and oxygen atoms in total. The number of benzene rings is 2. The van der Waals surface area contributed by atoms with Crippen LogP contribution in [-0.4, -0.2) is 50.9 Å². The molecule has 1 N–H and O–H groups in total. The van der Waals surface area contributed by atoms with Crippen molar-refractivity contribution in [1.82, 2.24) is 19.6 Å². The molecule has 1 fully saturated rings. The minimum atomic E-state index is -0.229. The highest BCUT2D eigenvalue weighted by atomic mass is 35.5. The topological polar surface area (TPSA) is 36.3 Å². The molecule has 4 rings (SSSR count). The van der Waals surface area contributed by atoms with E-state index in [9.17, 15) is 4.39 Å². The quantitative estimate of drug-likeness (QED) is 0.597. The van der Waals surface area contributed by atoms with Crippen LogP contribution in [0.5, 0.6) is 0 Å². The van der Waals surface area contributed by atoms with Crippen LogP contribution in [0.3, 0.4) is 0 Å². The lowest BCUT2D eigenvalue weighted by atomic mass is 10.2. The number of thiocarbonyl (C=S) groups is 1. The second kappa shape index (κ2) is 9.55. The molecule has 2 aromatic carbocycles. The molecule has 1 aliphatic rings. The Morgan fingerprint density at radius 3 is 2.40 bits per heavy atom. The van der Waals surface area contributed by atoms with Crippen LogP contribution in [0.25, 0.3) is 0 Å². The number of nitrogens with one attached hydrogen (secondary N) is 1. The standard InChI is InChI=1S/C22H23ClFN5S/c23-19-7-3-1-5-17(19)15-27-11-13-28(14-12-27)22(30)25-21-9-10-29(26-21)16-18-6-2-4-8-20(18)24/h1-10H,11-16H2,(H,25,26,30). The molecule has 1 saturated heterocycles. The van der Waals surface area contributed by atoms with E-state index in [0.29, 0.717) is 23.0 Å². The minimum absolute atomic E-state index is 0.229. The smallest absolute Gasteiger partial charge is 0.174 e. The Hall–Kier alpha value is -2.48. The molecule has 1 aromatic heterocycles. The van der Waals surface area contributed by atoms with Gasteiger partial charge in [0.05, 0.1) is 6.54 Å². The minimum Gasteiger partial charge on any atom is -0.346 e. The number of aromatic nitrogens is 2. The highest BCUT2D eigenvalue weighted by molar-refractivity contribution is 7.80. The number of nitrogens with zero attached hydrogens (tertiary/aromatic N) is 4. The van der Waals surface area contributed by atoms with Crippen LogP contribution in [0.2, 0.25) is 5.02 Å². The number of rotatable bonds is 5. The molecule has 0 saturated carbocycles. The van der Waals surface area contributed by atoms with Crippen molar-refractivity contribution in [3.05, 3.63) is 82.8 Å². The zero-order valence-corrected chi connectivity index (χ0v) is 18.0. The first-order chi connectivity index (χ1) is 14.6. The summed E-state index contributed by atoms with van der Waals surface area (Å²) in [5, 5.41) is 9.12. The molecular weight excluding hydrogens is 421 g/mol. The third-order valence-corrected chi connectivity index (χ3v) is 5.91. The molecule has 1 aliphatic heterocycles. The molecule has 0 amide bonds. The molecule has 0 spiro atoms. The van der Waals surface area contributed by atoms with E-state index in [1.807, 2.05) is 36.5 Å². The Balaban J connectivity index is 1.28. The monoisotopic (exact) mass is 443 g/mol. The largest absolute Gasteiger partial charge is 0.346 e. The number of hydrogen-bond donors (Lipinski definition) is 1. The molecule has 156 valence electrons. The predicted octanol–water partition coefficient (Wildman–Crippen LogP) is 4.24. The Morgan fingerprint density at radius 2 is 1.67 bits per heavy atom. The van der Waals surface area contributed by atoms with Gasteiger partial charge in [-0.05, 0) is 29.9 Å². The molecule has 0 bridgehead atoms. The first-order valence-corrected chi connectivity index (χ1v) is 10.7.